The van der Waals surface area contributed by atoms with Gasteiger partial charge in [0.2, 0.25) is 5.91 Å². The Morgan fingerprint density at radius 3 is 2.24 bits per heavy atom. The van der Waals surface area contributed by atoms with Gasteiger partial charge in [-0.1, -0.05) is 19.3 Å². The third-order valence-corrected chi connectivity index (χ3v) is 4.81. The summed E-state index contributed by atoms with van der Waals surface area (Å²) < 4.78 is 0. The van der Waals surface area contributed by atoms with Crippen LogP contribution in [0.1, 0.15) is 51.4 Å². The summed E-state index contributed by atoms with van der Waals surface area (Å²) in [5, 5.41) is 0. The largest absolute Gasteiger partial charge is 0.343 e. The zero-order chi connectivity index (χ0) is 12.1. The van der Waals surface area contributed by atoms with Crippen LogP contribution in [-0.2, 0) is 4.79 Å². The third kappa shape index (κ3) is 3.87. The smallest absolute Gasteiger partial charge is 0.222 e. The molecule has 0 aromatic heterocycles. The predicted molar refractivity (Wildman–Crippen MR) is 71.2 cm³/mol. The van der Waals surface area contributed by atoms with Crippen LogP contribution in [0.4, 0.5) is 0 Å². The maximum Gasteiger partial charge on any atom is 0.222 e. The Labute approximate surface area is 110 Å². The first-order valence-electron chi connectivity index (χ1n) is 7.13. The molecule has 17 heavy (non-hydrogen) atoms. The van der Waals surface area contributed by atoms with E-state index < -0.39 is 0 Å². The van der Waals surface area contributed by atoms with E-state index in [1.54, 1.807) is 0 Å². The lowest BCUT2D eigenvalue weighted by Gasteiger charge is -2.32. The molecule has 1 aliphatic heterocycles. The van der Waals surface area contributed by atoms with Crippen LogP contribution in [0, 0.1) is 11.8 Å². The highest BCUT2D eigenvalue weighted by Crippen LogP contribution is 2.27. The van der Waals surface area contributed by atoms with E-state index in [0.29, 0.717) is 17.7 Å². The van der Waals surface area contributed by atoms with Gasteiger partial charge in [0.1, 0.15) is 0 Å². The van der Waals surface area contributed by atoms with E-state index in [1.165, 1.54) is 32.1 Å². The fourth-order valence-corrected chi connectivity index (χ4v) is 3.41. The Hall–Kier alpha value is -0.240. The highest BCUT2D eigenvalue weighted by Gasteiger charge is 2.24. The fourth-order valence-electron chi connectivity index (χ4n) is 3.10. The SMILES string of the molecule is O=C(CC1CCCCC1)N1CCC(CCl)CC1. The Kier molecular flexibility index (Phi) is 5.15. The van der Waals surface area contributed by atoms with Crippen molar-refractivity contribution in [1.29, 1.82) is 0 Å². The van der Waals surface area contributed by atoms with Crippen molar-refractivity contribution in [2.45, 2.75) is 51.4 Å². The van der Waals surface area contributed by atoms with E-state index in [2.05, 4.69) is 4.90 Å². The van der Waals surface area contributed by atoms with Crippen molar-refractivity contribution in [2.75, 3.05) is 19.0 Å². The third-order valence-electron chi connectivity index (χ3n) is 4.37. The van der Waals surface area contributed by atoms with E-state index in [1.807, 2.05) is 0 Å². The summed E-state index contributed by atoms with van der Waals surface area (Å²) in [5.74, 6) is 2.45. The summed E-state index contributed by atoms with van der Waals surface area (Å²) in [4.78, 5) is 14.2. The van der Waals surface area contributed by atoms with Crippen LogP contribution in [0.15, 0.2) is 0 Å². The minimum Gasteiger partial charge on any atom is -0.343 e. The highest BCUT2D eigenvalue weighted by atomic mass is 35.5. The Morgan fingerprint density at radius 1 is 1.00 bits per heavy atom. The van der Waals surface area contributed by atoms with Crippen molar-refractivity contribution >= 4 is 17.5 Å². The molecule has 2 fully saturated rings. The maximum atomic E-state index is 12.2. The number of likely N-dealkylation sites (tertiary alicyclic amines) is 1. The summed E-state index contributed by atoms with van der Waals surface area (Å²) in [5.41, 5.74) is 0. The summed E-state index contributed by atoms with van der Waals surface area (Å²) in [6.45, 7) is 1.87. The molecular formula is C14H24ClNO. The van der Waals surface area contributed by atoms with Gasteiger partial charge >= 0.3 is 0 Å². The van der Waals surface area contributed by atoms with Gasteiger partial charge in [-0.3, -0.25) is 4.79 Å². The number of nitrogens with zero attached hydrogens (tertiary/aromatic N) is 1. The van der Waals surface area contributed by atoms with Crippen molar-refractivity contribution in [3.8, 4) is 0 Å². The molecule has 98 valence electrons. The summed E-state index contributed by atoms with van der Waals surface area (Å²) >= 11 is 5.86. The zero-order valence-electron chi connectivity index (χ0n) is 10.7. The number of piperidine rings is 1. The van der Waals surface area contributed by atoms with Crippen molar-refractivity contribution in [3.05, 3.63) is 0 Å². The number of hydrogen-bond acceptors (Lipinski definition) is 1. The van der Waals surface area contributed by atoms with E-state index in [9.17, 15) is 4.79 Å². The number of carbonyl (C=O) groups is 1. The molecule has 1 saturated carbocycles. The van der Waals surface area contributed by atoms with E-state index in [4.69, 9.17) is 11.6 Å². The molecule has 0 unspecified atom stereocenters. The van der Waals surface area contributed by atoms with E-state index in [0.717, 1.165) is 38.2 Å². The minimum atomic E-state index is 0.393. The molecule has 1 heterocycles. The van der Waals surface area contributed by atoms with Crippen molar-refractivity contribution in [2.24, 2.45) is 11.8 Å². The van der Waals surface area contributed by atoms with Crippen LogP contribution in [0.5, 0.6) is 0 Å². The van der Waals surface area contributed by atoms with Gasteiger partial charge in [0.25, 0.3) is 0 Å². The van der Waals surface area contributed by atoms with Gasteiger partial charge in [-0.25, -0.2) is 0 Å². The Balaban J connectivity index is 1.72. The molecule has 3 heteroatoms. The van der Waals surface area contributed by atoms with Crippen LogP contribution in [0.25, 0.3) is 0 Å². The normalized spacial score (nSPS) is 23.9. The van der Waals surface area contributed by atoms with E-state index >= 15 is 0 Å². The van der Waals surface area contributed by atoms with Crippen molar-refractivity contribution in [1.82, 2.24) is 4.90 Å². The standard InChI is InChI=1S/C14H24ClNO/c15-11-13-6-8-16(9-7-13)14(17)10-12-4-2-1-3-5-12/h12-13H,1-11H2. The molecule has 0 spiro atoms. The first-order valence-corrected chi connectivity index (χ1v) is 7.67. The molecule has 2 nitrogen and oxygen atoms in total. The first kappa shape index (κ1) is 13.2. The summed E-state index contributed by atoms with van der Waals surface area (Å²) in [7, 11) is 0. The zero-order valence-corrected chi connectivity index (χ0v) is 11.4. The van der Waals surface area contributed by atoms with Crippen LogP contribution in [0.3, 0.4) is 0 Å². The quantitative estimate of drug-likeness (QED) is 0.710. The summed E-state index contributed by atoms with van der Waals surface area (Å²) in [6, 6.07) is 0. The molecular weight excluding hydrogens is 234 g/mol. The van der Waals surface area contributed by atoms with Crippen LogP contribution in [-0.4, -0.2) is 29.8 Å². The topological polar surface area (TPSA) is 20.3 Å². The van der Waals surface area contributed by atoms with Gasteiger partial charge < -0.3 is 4.90 Å². The van der Waals surface area contributed by atoms with Gasteiger partial charge in [-0.15, -0.1) is 11.6 Å². The average molecular weight is 258 g/mol. The number of hydrogen-bond donors (Lipinski definition) is 0. The second kappa shape index (κ2) is 6.63. The first-order chi connectivity index (χ1) is 8.29. The summed E-state index contributed by atoms with van der Waals surface area (Å²) in [6.07, 6.45) is 9.55. The molecule has 0 N–H and O–H groups in total. The molecule has 0 radical (unpaired) electrons. The molecule has 2 rings (SSSR count). The van der Waals surface area contributed by atoms with Crippen LogP contribution in [0.2, 0.25) is 0 Å². The predicted octanol–water partition coefficient (Wildman–Crippen LogP) is 3.43. The molecule has 1 amide bonds. The van der Waals surface area contributed by atoms with Crippen molar-refractivity contribution in [3.63, 3.8) is 0 Å². The maximum absolute atomic E-state index is 12.2. The highest BCUT2D eigenvalue weighted by molar-refractivity contribution is 6.18. The second-order valence-electron chi connectivity index (χ2n) is 5.69. The molecule has 1 saturated heterocycles. The van der Waals surface area contributed by atoms with Gasteiger partial charge in [-0.2, -0.15) is 0 Å². The molecule has 0 bridgehead atoms. The number of rotatable bonds is 3. The average Bonchev–Trinajstić information content (AvgIpc) is 2.40. The molecule has 0 aromatic rings. The number of halogens is 1. The molecule has 1 aliphatic carbocycles. The van der Waals surface area contributed by atoms with Gasteiger partial charge in [0.15, 0.2) is 0 Å². The Bertz CT molecular complexity index is 243. The Morgan fingerprint density at radius 2 is 1.65 bits per heavy atom. The molecule has 0 atom stereocenters. The number of carbonyl (C=O) groups excluding carboxylic acids is 1. The lowest BCUT2D eigenvalue weighted by atomic mass is 9.86. The number of alkyl halides is 1. The fraction of sp³-hybridized carbons (Fsp3) is 0.929. The minimum absolute atomic E-state index is 0.393. The van der Waals surface area contributed by atoms with E-state index in [-0.39, 0.29) is 0 Å². The second-order valence-corrected chi connectivity index (χ2v) is 6.00. The van der Waals surface area contributed by atoms with Crippen molar-refractivity contribution < 1.29 is 4.79 Å². The molecule has 0 aromatic carbocycles. The van der Waals surface area contributed by atoms with Crippen LogP contribution < -0.4 is 0 Å². The molecule has 2 aliphatic rings. The lowest BCUT2D eigenvalue weighted by Crippen LogP contribution is -2.39. The lowest BCUT2D eigenvalue weighted by molar-refractivity contribution is -0.133. The van der Waals surface area contributed by atoms with Gasteiger partial charge in [0, 0.05) is 25.4 Å². The monoisotopic (exact) mass is 257 g/mol. The number of amides is 1. The van der Waals surface area contributed by atoms with Gasteiger partial charge in [-0.05, 0) is 37.5 Å². The van der Waals surface area contributed by atoms with Crippen LogP contribution >= 0.6 is 11.6 Å². The van der Waals surface area contributed by atoms with Gasteiger partial charge in [0.05, 0.1) is 0 Å².